The van der Waals surface area contributed by atoms with Crippen molar-refractivity contribution in [3.05, 3.63) is 71.0 Å². The third kappa shape index (κ3) is 3.38. The molecular weight excluding hydrogens is 349 g/mol. The molecule has 0 heterocycles. The summed E-state index contributed by atoms with van der Waals surface area (Å²) in [7, 11) is -1.38. The Kier molecular flexibility index (Phi) is 4.88. The van der Waals surface area contributed by atoms with E-state index in [2.05, 4.69) is 4.72 Å². The lowest BCUT2D eigenvalue weighted by Crippen LogP contribution is -2.52. The Labute approximate surface area is 156 Å². The summed E-state index contributed by atoms with van der Waals surface area (Å²) in [5, 5.41) is 0. The lowest BCUT2D eigenvalue weighted by molar-refractivity contribution is 0.0868. The standard InChI is InChI=1S/C21H24FNO2S/c1-20(2,3)26(25)23-21(4,15-9-11-16(22)12-10-15)18-13-14-7-5-6-8-17(14)19(18)24/h5-12,18,23H,13H2,1-4H3/t18-,21+,26+/m1/s1. The van der Waals surface area contributed by atoms with Crippen molar-refractivity contribution in [2.45, 2.75) is 44.4 Å². The van der Waals surface area contributed by atoms with Gasteiger partial charge in [-0.15, -0.1) is 0 Å². The fourth-order valence-electron chi connectivity index (χ4n) is 3.38. The number of fused-ring (bicyclic) bond motifs is 1. The van der Waals surface area contributed by atoms with Crippen LogP contribution in [-0.2, 0) is 22.9 Å². The average molecular weight is 373 g/mol. The fourth-order valence-corrected chi connectivity index (χ4v) is 4.33. The Morgan fingerprint density at radius 1 is 1.04 bits per heavy atom. The summed E-state index contributed by atoms with van der Waals surface area (Å²) in [6, 6.07) is 13.7. The number of carbonyl (C=O) groups excluding carboxylic acids is 1. The summed E-state index contributed by atoms with van der Waals surface area (Å²) in [5.74, 6) is -0.712. The number of hydrogen-bond donors (Lipinski definition) is 1. The number of rotatable bonds is 4. The number of ketones is 1. The van der Waals surface area contributed by atoms with Crippen molar-refractivity contribution in [3.8, 4) is 0 Å². The highest BCUT2D eigenvalue weighted by Crippen LogP contribution is 2.40. The number of carbonyl (C=O) groups is 1. The van der Waals surface area contributed by atoms with Gasteiger partial charge in [-0.25, -0.2) is 13.3 Å². The van der Waals surface area contributed by atoms with Crippen LogP contribution in [0.2, 0.25) is 0 Å². The van der Waals surface area contributed by atoms with E-state index in [1.54, 1.807) is 12.1 Å². The van der Waals surface area contributed by atoms with Crippen LogP contribution in [0.1, 0.15) is 49.2 Å². The zero-order valence-corrected chi connectivity index (χ0v) is 16.3. The van der Waals surface area contributed by atoms with Gasteiger partial charge in [0.1, 0.15) is 5.82 Å². The van der Waals surface area contributed by atoms with Gasteiger partial charge in [-0.3, -0.25) is 4.79 Å². The van der Waals surface area contributed by atoms with Crippen LogP contribution in [0.25, 0.3) is 0 Å². The van der Waals surface area contributed by atoms with E-state index in [0.29, 0.717) is 12.0 Å². The molecule has 3 rings (SSSR count). The Morgan fingerprint density at radius 2 is 1.65 bits per heavy atom. The quantitative estimate of drug-likeness (QED) is 0.875. The molecule has 0 unspecified atom stereocenters. The molecule has 0 bridgehead atoms. The lowest BCUT2D eigenvalue weighted by atomic mass is 9.78. The van der Waals surface area contributed by atoms with Crippen LogP contribution in [0.4, 0.5) is 4.39 Å². The molecule has 0 saturated heterocycles. The zero-order chi connectivity index (χ0) is 19.1. The maximum atomic E-state index is 13.4. The van der Waals surface area contributed by atoms with Crippen molar-refractivity contribution in [1.82, 2.24) is 4.72 Å². The maximum Gasteiger partial charge on any atom is 0.168 e. The van der Waals surface area contributed by atoms with E-state index in [-0.39, 0.29) is 11.6 Å². The number of nitrogens with one attached hydrogen (secondary N) is 1. The van der Waals surface area contributed by atoms with E-state index in [4.69, 9.17) is 0 Å². The molecule has 0 spiro atoms. The molecule has 2 aromatic rings. The molecule has 1 aliphatic carbocycles. The second kappa shape index (κ2) is 6.71. The highest BCUT2D eigenvalue weighted by Gasteiger charge is 2.46. The number of hydrogen-bond acceptors (Lipinski definition) is 2. The molecule has 1 aliphatic rings. The van der Waals surface area contributed by atoms with Gasteiger partial charge in [0.15, 0.2) is 5.78 Å². The number of halogens is 1. The summed E-state index contributed by atoms with van der Waals surface area (Å²) >= 11 is 0. The smallest absolute Gasteiger partial charge is 0.168 e. The van der Waals surface area contributed by atoms with Crippen molar-refractivity contribution in [2.24, 2.45) is 5.92 Å². The first-order valence-electron chi connectivity index (χ1n) is 8.71. The molecule has 3 atom stereocenters. The van der Waals surface area contributed by atoms with Crippen LogP contribution in [0.3, 0.4) is 0 Å². The van der Waals surface area contributed by atoms with Gasteiger partial charge >= 0.3 is 0 Å². The summed E-state index contributed by atoms with van der Waals surface area (Å²) < 4.78 is 29.0. The Morgan fingerprint density at radius 3 is 2.23 bits per heavy atom. The molecular formula is C21H24FNO2S. The van der Waals surface area contributed by atoms with Crippen molar-refractivity contribution >= 4 is 16.8 Å². The first-order chi connectivity index (χ1) is 12.1. The largest absolute Gasteiger partial charge is 0.294 e. The van der Waals surface area contributed by atoms with Crippen molar-refractivity contribution in [3.63, 3.8) is 0 Å². The topological polar surface area (TPSA) is 46.2 Å². The number of benzene rings is 2. The van der Waals surface area contributed by atoms with E-state index in [9.17, 15) is 13.4 Å². The lowest BCUT2D eigenvalue weighted by Gasteiger charge is -2.38. The van der Waals surface area contributed by atoms with E-state index in [1.807, 2.05) is 52.0 Å². The van der Waals surface area contributed by atoms with Crippen LogP contribution in [-0.4, -0.2) is 14.7 Å². The minimum absolute atomic E-state index is 0.0332. The van der Waals surface area contributed by atoms with Crippen molar-refractivity contribution in [1.29, 1.82) is 0 Å². The number of Topliss-reactive ketones (excluding diaryl/α,β-unsaturated/α-hetero) is 1. The first kappa shape index (κ1) is 18.9. The third-order valence-corrected chi connectivity index (χ3v) is 6.75. The van der Waals surface area contributed by atoms with Gasteiger partial charge in [0.2, 0.25) is 0 Å². The summed E-state index contributed by atoms with van der Waals surface area (Å²) in [6.07, 6.45) is 0.567. The van der Waals surface area contributed by atoms with Gasteiger partial charge in [-0.1, -0.05) is 36.4 Å². The zero-order valence-electron chi connectivity index (χ0n) is 15.5. The van der Waals surface area contributed by atoms with Gasteiger partial charge in [-0.2, -0.15) is 0 Å². The van der Waals surface area contributed by atoms with Gasteiger partial charge in [-0.05, 0) is 57.4 Å². The normalized spacial score (nSPS) is 20.5. The van der Waals surface area contributed by atoms with Crippen molar-refractivity contribution in [2.75, 3.05) is 0 Å². The molecule has 2 aromatic carbocycles. The molecule has 26 heavy (non-hydrogen) atoms. The van der Waals surface area contributed by atoms with Gasteiger partial charge in [0.25, 0.3) is 0 Å². The molecule has 0 saturated carbocycles. The summed E-state index contributed by atoms with van der Waals surface area (Å²) in [6.45, 7) is 7.53. The second-order valence-electron chi connectivity index (χ2n) is 7.97. The third-order valence-electron chi connectivity index (χ3n) is 5.03. The van der Waals surface area contributed by atoms with Crippen LogP contribution in [0.15, 0.2) is 48.5 Å². The molecule has 0 amide bonds. The van der Waals surface area contributed by atoms with Gasteiger partial charge in [0.05, 0.1) is 21.3 Å². The van der Waals surface area contributed by atoms with Crippen LogP contribution >= 0.6 is 0 Å². The van der Waals surface area contributed by atoms with Crippen LogP contribution in [0.5, 0.6) is 0 Å². The molecule has 0 radical (unpaired) electrons. The van der Waals surface area contributed by atoms with E-state index < -0.39 is 27.2 Å². The minimum Gasteiger partial charge on any atom is -0.294 e. The van der Waals surface area contributed by atoms with Crippen LogP contribution < -0.4 is 4.72 Å². The Bertz CT molecular complexity index is 857. The molecule has 138 valence electrons. The van der Waals surface area contributed by atoms with E-state index in [1.165, 1.54) is 12.1 Å². The second-order valence-corrected chi connectivity index (χ2v) is 9.94. The molecule has 0 fully saturated rings. The van der Waals surface area contributed by atoms with Crippen molar-refractivity contribution < 1.29 is 13.4 Å². The molecule has 0 aliphatic heterocycles. The average Bonchev–Trinajstić information content (AvgIpc) is 2.92. The SMILES string of the molecule is CC(C)(C)[S@](=O)N[C@@](C)(c1ccc(F)cc1)[C@@H]1Cc2ccccc2C1=O. The van der Waals surface area contributed by atoms with Gasteiger partial charge < -0.3 is 0 Å². The maximum absolute atomic E-state index is 13.4. The minimum atomic E-state index is -1.38. The molecule has 1 N–H and O–H groups in total. The first-order valence-corrected chi connectivity index (χ1v) is 9.86. The molecule has 0 aromatic heterocycles. The predicted octanol–water partition coefficient (Wildman–Crippen LogP) is 4.15. The highest BCUT2D eigenvalue weighted by atomic mass is 32.2. The Hall–Kier alpha value is -1.85. The fraction of sp³-hybridized carbons (Fsp3) is 0.381. The van der Waals surface area contributed by atoms with Gasteiger partial charge in [0, 0.05) is 11.5 Å². The van der Waals surface area contributed by atoms with E-state index in [0.717, 1.165) is 11.1 Å². The molecule has 3 nitrogen and oxygen atoms in total. The summed E-state index contributed by atoms with van der Waals surface area (Å²) in [4.78, 5) is 13.1. The summed E-state index contributed by atoms with van der Waals surface area (Å²) in [5.41, 5.74) is 1.60. The monoisotopic (exact) mass is 373 g/mol. The Balaban J connectivity index is 2.06. The molecule has 5 heteroatoms. The highest BCUT2D eigenvalue weighted by molar-refractivity contribution is 7.84. The van der Waals surface area contributed by atoms with E-state index >= 15 is 0 Å². The van der Waals surface area contributed by atoms with Crippen LogP contribution in [0, 0.1) is 11.7 Å². The predicted molar refractivity (Wildman–Crippen MR) is 103 cm³/mol.